The number of hydrogen-bond donors (Lipinski definition) is 2. The predicted molar refractivity (Wildman–Crippen MR) is 85.3 cm³/mol. The molecule has 0 aliphatic carbocycles. The fraction of sp³-hybridized carbons (Fsp3) is 0.312. The van der Waals surface area contributed by atoms with E-state index in [9.17, 15) is 5.11 Å². The van der Waals surface area contributed by atoms with E-state index in [-0.39, 0.29) is 11.8 Å². The molecule has 21 heavy (non-hydrogen) atoms. The van der Waals surface area contributed by atoms with E-state index in [0.717, 1.165) is 16.9 Å². The Balaban J connectivity index is 2.24. The lowest BCUT2D eigenvalue weighted by Gasteiger charge is -2.22. The number of nitrogens with zero attached hydrogens (tertiary/aromatic N) is 2. The molecule has 0 fully saturated rings. The van der Waals surface area contributed by atoms with Gasteiger partial charge in [-0.15, -0.1) is 0 Å². The van der Waals surface area contributed by atoms with Gasteiger partial charge in [-0.05, 0) is 30.7 Å². The topological polar surface area (TPSA) is 57.6 Å². The van der Waals surface area contributed by atoms with E-state index in [1.165, 1.54) is 0 Å². The molecule has 0 amide bonds. The number of phenolic OH excluding ortho intramolecular Hbond substituents is 1. The molecule has 0 aliphatic rings. The van der Waals surface area contributed by atoms with Crippen LogP contribution in [-0.4, -0.2) is 31.3 Å². The van der Waals surface area contributed by atoms with Crippen molar-refractivity contribution in [2.45, 2.75) is 13.0 Å². The summed E-state index contributed by atoms with van der Waals surface area (Å²) in [5.41, 5.74) is 3.06. The summed E-state index contributed by atoms with van der Waals surface area (Å²) >= 11 is 0. The van der Waals surface area contributed by atoms with Crippen molar-refractivity contribution < 1.29 is 9.84 Å². The van der Waals surface area contributed by atoms with Crippen molar-refractivity contribution in [3.05, 3.63) is 42.2 Å². The molecule has 0 saturated carbocycles. The number of phenols is 1. The van der Waals surface area contributed by atoms with Gasteiger partial charge in [-0.1, -0.05) is 6.07 Å². The molecule has 1 aromatic carbocycles. The molecule has 0 spiro atoms. The molecule has 0 bridgehead atoms. The standard InChI is InChI=1S/C16H21N3O2/c1-11(12-5-6-15(20)16(9-12)21-4)18-13-10-17-8-7-14(13)19(2)3/h5-11,18,20H,1-4H3. The second-order valence-corrected chi connectivity index (χ2v) is 5.08. The van der Waals surface area contributed by atoms with Crippen molar-refractivity contribution in [1.82, 2.24) is 4.98 Å². The average molecular weight is 287 g/mol. The van der Waals surface area contributed by atoms with Crippen LogP contribution in [0.4, 0.5) is 11.4 Å². The Morgan fingerprint density at radius 1 is 1.29 bits per heavy atom. The number of ether oxygens (including phenoxy) is 1. The smallest absolute Gasteiger partial charge is 0.160 e. The quantitative estimate of drug-likeness (QED) is 0.885. The number of pyridine rings is 1. The Morgan fingerprint density at radius 3 is 2.71 bits per heavy atom. The molecule has 1 atom stereocenters. The van der Waals surface area contributed by atoms with E-state index in [0.29, 0.717) is 5.75 Å². The number of benzene rings is 1. The summed E-state index contributed by atoms with van der Waals surface area (Å²) in [6, 6.07) is 7.37. The molecule has 112 valence electrons. The fourth-order valence-electron chi connectivity index (χ4n) is 2.17. The Bertz CT molecular complexity index is 614. The molecule has 2 N–H and O–H groups in total. The molecule has 0 aliphatic heterocycles. The molecule has 0 saturated heterocycles. The molecule has 1 aromatic heterocycles. The van der Waals surface area contributed by atoms with Gasteiger partial charge >= 0.3 is 0 Å². The van der Waals surface area contributed by atoms with Crippen LogP contribution in [0.5, 0.6) is 11.5 Å². The lowest BCUT2D eigenvalue weighted by atomic mass is 10.1. The number of anilines is 2. The molecule has 5 nitrogen and oxygen atoms in total. The first-order valence-corrected chi connectivity index (χ1v) is 6.77. The Morgan fingerprint density at radius 2 is 2.05 bits per heavy atom. The molecule has 2 aromatic rings. The summed E-state index contributed by atoms with van der Waals surface area (Å²) in [4.78, 5) is 6.20. The van der Waals surface area contributed by atoms with Crippen molar-refractivity contribution in [3.63, 3.8) is 0 Å². The Labute approximate surface area is 125 Å². The third kappa shape index (κ3) is 3.37. The second kappa shape index (κ2) is 6.35. The van der Waals surface area contributed by atoms with Gasteiger partial charge < -0.3 is 20.1 Å². The van der Waals surface area contributed by atoms with Crippen LogP contribution >= 0.6 is 0 Å². The van der Waals surface area contributed by atoms with Crippen LogP contribution < -0.4 is 15.0 Å². The zero-order chi connectivity index (χ0) is 15.4. The Hall–Kier alpha value is -2.43. The number of methoxy groups -OCH3 is 1. The summed E-state index contributed by atoms with van der Waals surface area (Å²) in [7, 11) is 5.53. The van der Waals surface area contributed by atoms with Crippen molar-refractivity contribution in [1.29, 1.82) is 0 Å². The van der Waals surface area contributed by atoms with Crippen LogP contribution in [-0.2, 0) is 0 Å². The highest BCUT2D eigenvalue weighted by molar-refractivity contribution is 5.68. The predicted octanol–water partition coefficient (Wildman–Crippen LogP) is 3.03. The summed E-state index contributed by atoms with van der Waals surface area (Å²) < 4.78 is 5.15. The van der Waals surface area contributed by atoms with Gasteiger partial charge in [-0.2, -0.15) is 0 Å². The zero-order valence-corrected chi connectivity index (χ0v) is 12.8. The van der Waals surface area contributed by atoms with E-state index in [1.807, 2.05) is 43.4 Å². The molecular weight excluding hydrogens is 266 g/mol. The van der Waals surface area contributed by atoms with Gasteiger partial charge in [0.25, 0.3) is 0 Å². The molecule has 2 rings (SSSR count). The number of aromatic nitrogens is 1. The van der Waals surface area contributed by atoms with Gasteiger partial charge in [-0.25, -0.2) is 0 Å². The van der Waals surface area contributed by atoms with Gasteiger partial charge in [0.05, 0.1) is 24.7 Å². The number of hydrogen-bond acceptors (Lipinski definition) is 5. The van der Waals surface area contributed by atoms with Gasteiger partial charge in [0.15, 0.2) is 11.5 Å². The highest BCUT2D eigenvalue weighted by Gasteiger charge is 2.12. The molecule has 1 heterocycles. The number of aromatic hydroxyl groups is 1. The van der Waals surface area contributed by atoms with Gasteiger partial charge in [0, 0.05) is 26.3 Å². The van der Waals surface area contributed by atoms with Crippen LogP contribution in [0.3, 0.4) is 0 Å². The average Bonchev–Trinajstić information content (AvgIpc) is 2.48. The third-order valence-corrected chi connectivity index (χ3v) is 3.36. The first kappa shape index (κ1) is 15.0. The first-order chi connectivity index (χ1) is 10.0. The van der Waals surface area contributed by atoms with Crippen molar-refractivity contribution >= 4 is 11.4 Å². The maximum atomic E-state index is 9.66. The minimum absolute atomic E-state index is 0.0578. The lowest BCUT2D eigenvalue weighted by Crippen LogP contribution is -2.14. The molecule has 5 heteroatoms. The van der Waals surface area contributed by atoms with E-state index in [4.69, 9.17) is 4.74 Å². The fourth-order valence-corrected chi connectivity index (χ4v) is 2.17. The third-order valence-electron chi connectivity index (χ3n) is 3.36. The van der Waals surface area contributed by atoms with E-state index >= 15 is 0 Å². The van der Waals surface area contributed by atoms with Crippen molar-refractivity contribution in [3.8, 4) is 11.5 Å². The van der Waals surface area contributed by atoms with Crippen LogP contribution in [0.15, 0.2) is 36.7 Å². The van der Waals surface area contributed by atoms with Crippen LogP contribution in [0.1, 0.15) is 18.5 Å². The molecule has 1 unspecified atom stereocenters. The van der Waals surface area contributed by atoms with Crippen molar-refractivity contribution in [2.24, 2.45) is 0 Å². The van der Waals surface area contributed by atoms with E-state index < -0.39 is 0 Å². The molecule has 0 radical (unpaired) electrons. The van der Waals surface area contributed by atoms with Crippen molar-refractivity contribution in [2.75, 3.05) is 31.4 Å². The minimum atomic E-state index is 0.0578. The monoisotopic (exact) mass is 287 g/mol. The SMILES string of the molecule is COc1cc(C(C)Nc2cnccc2N(C)C)ccc1O. The van der Waals surface area contributed by atoms with Crippen LogP contribution in [0.2, 0.25) is 0 Å². The first-order valence-electron chi connectivity index (χ1n) is 6.77. The maximum Gasteiger partial charge on any atom is 0.160 e. The maximum absolute atomic E-state index is 9.66. The highest BCUT2D eigenvalue weighted by atomic mass is 16.5. The van der Waals surface area contributed by atoms with Crippen LogP contribution in [0, 0.1) is 0 Å². The zero-order valence-electron chi connectivity index (χ0n) is 12.8. The lowest BCUT2D eigenvalue weighted by molar-refractivity contribution is 0.373. The summed E-state index contributed by atoms with van der Waals surface area (Å²) in [5, 5.41) is 13.1. The van der Waals surface area contributed by atoms with Gasteiger partial charge in [0.1, 0.15) is 0 Å². The minimum Gasteiger partial charge on any atom is -0.504 e. The van der Waals surface area contributed by atoms with E-state index in [1.54, 1.807) is 19.4 Å². The summed E-state index contributed by atoms with van der Waals surface area (Å²) in [6.45, 7) is 2.05. The summed E-state index contributed by atoms with van der Waals surface area (Å²) in [5.74, 6) is 0.615. The normalized spacial score (nSPS) is 11.8. The molecular formula is C16H21N3O2. The van der Waals surface area contributed by atoms with E-state index in [2.05, 4.69) is 17.2 Å². The second-order valence-electron chi connectivity index (χ2n) is 5.08. The number of rotatable bonds is 5. The highest BCUT2D eigenvalue weighted by Crippen LogP contribution is 2.31. The van der Waals surface area contributed by atoms with Gasteiger partial charge in [0.2, 0.25) is 0 Å². The Kier molecular flexibility index (Phi) is 4.52. The largest absolute Gasteiger partial charge is 0.504 e. The summed E-state index contributed by atoms with van der Waals surface area (Å²) in [6.07, 6.45) is 3.58. The van der Waals surface area contributed by atoms with Gasteiger partial charge in [-0.3, -0.25) is 4.98 Å². The number of nitrogens with one attached hydrogen (secondary N) is 1. The van der Waals surface area contributed by atoms with Crippen LogP contribution in [0.25, 0.3) is 0 Å².